The van der Waals surface area contributed by atoms with Crippen LogP contribution in [0.25, 0.3) is 22.6 Å². The topological polar surface area (TPSA) is 84.2 Å². The van der Waals surface area contributed by atoms with Crippen LogP contribution < -0.4 is 10.6 Å². The third-order valence-corrected chi connectivity index (χ3v) is 4.40. The standard InChI is InChI=1S/C23H19N3O3/c1-14-3-12-21-20(13-14)26-23(29-21)17-6-10-19(11-7-17)25-22(28)16-4-8-18(9-5-16)24-15(2)27/h3-13H,1-2H3,(H,24,27)(H,25,28). The van der Waals surface area contributed by atoms with Gasteiger partial charge >= 0.3 is 0 Å². The summed E-state index contributed by atoms with van der Waals surface area (Å²) < 4.78 is 5.81. The summed E-state index contributed by atoms with van der Waals surface area (Å²) in [7, 11) is 0. The summed E-state index contributed by atoms with van der Waals surface area (Å²) in [6.45, 7) is 3.45. The molecule has 0 saturated heterocycles. The molecule has 2 amide bonds. The van der Waals surface area contributed by atoms with Crippen LogP contribution in [0.5, 0.6) is 0 Å². The molecule has 0 aliphatic heterocycles. The van der Waals surface area contributed by atoms with Crippen molar-refractivity contribution in [1.29, 1.82) is 0 Å². The number of rotatable bonds is 4. The summed E-state index contributed by atoms with van der Waals surface area (Å²) >= 11 is 0. The normalized spacial score (nSPS) is 10.7. The zero-order valence-corrected chi connectivity index (χ0v) is 16.0. The SMILES string of the molecule is CC(=O)Nc1ccc(C(=O)Nc2ccc(-c3nc4cc(C)ccc4o3)cc2)cc1. The molecule has 1 heterocycles. The van der Waals surface area contributed by atoms with E-state index in [9.17, 15) is 9.59 Å². The van der Waals surface area contributed by atoms with Gasteiger partial charge in [-0.05, 0) is 73.2 Å². The lowest BCUT2D eigenvalue weighted by Crippen LogP contribution is -2.12. The average molecular weight is 385 g/mol. The quantitative estimate of drug-likeness (QED) is 0.517. The number of fused-ring (bicyclic) bond motifs is 1. The van der Waals surface area contributed by atoms with Gasteiger partial charge in [-0.3, -0.25) is 9.59 Å². The Labute approximate surface area is 167 Å². The predicted octanol–water partition coefficient (Wildman–Crippen LogP) is 5.01. The Balaban J connectivity index is 1.47. The minimum Gasteiger partial charge on any atom is -0.436 e. The van der Waals surface area contributed by atoms with Gasteiger partial charge in [0, 0.05) is 29.4 Å². The van der Waals surface area contributed by atoms with Crippen LogP contribution in [-0.2, 0) is 4.79 Å². The van der Waals surface area contributed by atoms with E-state index in [1.54, 1.807) is 36.4 Å². The molecule has 0 fully saturated rings. The number of nitrogens with one attached hydrogen (secondary N) is 2. The minimum atomic E-state index is -0.232. The van der Waals surface area contributed by atoms with Crippen molar-refractivity contribution in [3.05, 3.63) is 77.9 Å². The first-order valence-corrected chi connectivity index (χ1v) is 9.14. The number of carbonyl (C=O) groups excluding carboxylic acids is 2. The van der Waals surface area contributed by atoms with E-state index < -0.39 is 0 Å². The maximum Gasteiger partial charge on any atom is 0.255 e. The molecular formula is C23H19N3O3. The van der Waals surface area contributed by atoms with Crippen LogP contribution in [0.4, 0.5) is 11.4 Å². The maximum absolute atomic E-state index is 12.4. The largest absolute Gasteiger partial charge is 0.436 e. The molecule has 144 valence electrons. The molecule has 0 aliphatic carbocycles. The molecule has 0 spiro atoms. The fourth-order valence-electron chi connectivity index (χ4n) is 2.97. The molecular weight excluding hydrogens is 366 g/mol. The lowest BCUT2D eigenvalue weighted by atomic mass is 10.1. The Morgan fingerprint density at radius 3 is 2.21 bits per heavy atom. The van der Waals surface area contributed by atoms with E-state index in [1.165, 1.54) is 6.92 Å². The van der Waals surface area contributed by atoms with Gasteiger partial charge in [0.2, 0.25) is 11.8 Å². The number of amides is 2. The van der Waals surface area contributed by atoms with Crippen molar-refractivity contribution in [3.63, 3.8) is 0 Å². The highest BCUT2D eigenvalue weighted by molar-refractivity contribution is 6.04. The van der Waals surface area contributed by atoms with Crippen molar-refractivity contribution >= 4 is 34.3 Å². The van der Waals surface area contributed by atoms with Crippen LogP contribution in [-0.4, -0.2) is 16.8 Å². The number of anilines is 2. The molecule has 4 aromatic rings. The van der Waals surface area contributed by atoms with Gasteiger partial charge in [-0.2, -0.15) is 0 Å². The minimum absolute atomic E-state index is 0.156. The smallest absolute Gasteiger partial charge is 0.255 e. The van der Waals surface area contributed by atoms with Crippen LogP contribution in [0, 0.1) is 6.92 Å². The maximum atomic E-state index is 12.4. The number of hydrogen-bond acceptors (Lipinski definition) is 4. The molecule has 29 heavy (non-hydrogen) atoms. The number of hydrogen-bond donors (Lipinski definition) is 2. The number of carbonyl (C=O) groups is 2. The summed E-state index contributed by atoms with van der Waals surface area (Å²) in [5.41, 5.74) is 5.32. The molecule has 4 rings (SSSR count). The Hall–Kier alpha value is -3.93. The lowest BCUT2D eigenvalue weighted by Gasteiger charge is -2.07. The number of aromatic nitrogens is 1. The molecule has 0 unspecified atom stereocenters. The summed E-state index contributed by atoms with van der Waals surface area (Å²) in [5.74, 6) is 0.151. The Morgan fingerprint density at radius 2 is 1.52 bits per heavy atom. The third kappa shape index (κ3) is 4.16. The molecule has 1 aromatic heterocycles. The van der Waals surface area contributed by atoms with E-state index in [2.05, 4.69) is 15.6 Å². The molecule has 0 bridgehead atoms. The van der Waals surface area contributed by atoms with Crippen molar-refractivity contribution in [1.82, 2.24) is 4.98 Å². The molecule has 6 nitrogen and oxygen atoms in total. The summed E-state index contributed by atoms with van der Waals surface area (Å²) in [6, 6.07) is 19.9. The van der Waals surface area contributed by atoms with Crippen molar-refractivity contribution in [2.75, 3.05) is 10.6 Å². The van der Waals surface area contributed by atoms with Gasteiger partial charge in [-0.1, -0.05) is 6.07 Å². The lowest BCUT2D eigenvalue weighted by molar-refractivity contribution is -0.114. The second-order valence-electron chi connectivity index (χ2n) is 6.78. The second-order valence-corrected chi connectivity index (χ2v) is 6.78. The first-order valence-electron chi connectivity index (χ1n) is 9.14. The zero-order chi connectivity index (χ0) is 20.4. The number of aryl methyl sites for hydroxylation is 1. The first-order chi connectivity index (χ1) is 14.0. The number of benzene rings is 3. The highest BCUT2D eigenvalue weighted by atomic mass is 16.3. The first kappa shape index (κ1) is 18.4. The van der Waals surface area contributed by atoms with Crippen LogP contribution in [0.3, 0.4) is 0 Å². The highest BCUT2D eigenvalue weighted by Crippen LogP contribution is 2.26. The van der Waals surface area contributed by atoms with Crippen LogP contribution in [0.1, 0.15) is 22.8 Å². The van der Waals surface area contributed by atoms with Crippen molar-refractivity contribution in [3.8, 4) is 11.5 Å². The fourth-order valence-corrected chi connectivity index (χ4v) is 2.97. The Kier molecular flexibility index (Phi) is 4.83. The predicted molar refractivity (Wildman–Crippen MR) is 113 cm³/mol. The number of nitrogens with zero attached hydrogens (tertiary/aromatic N) is 1. The van der Waals surface area contributed by atoms with E-state index in [-0.39, 0.29) is 11.8 Å². The molecule has 0 aliphatic rings. The van der Waals surface area contributed by atoms with E-state index in [0.29, 0.717) is 22.8 Å². The van der Waals surface area contributed by atoms with E-state index in [4.69, 9.17) is 4.42 Å². The molecule has 0 atom stereocenters. The fraction of sp³-hybridized carbons (Fsp3) is 0.0870. The molecule has 6 heteroatoms. The molecule has 3 aromatic carbocycles. The van der Waals surface area contributed by atoms with E-state index in [1.807, 2.05) is 37.3 Å². The van der Waals surface area contributed by atoms with Crippen molar-refractivity contribution in [2.45, 2.75) is 13.8 Å². The van der Waals surface area contributed by atoms with Gasteiger partial charge in [0.25, 0.3) is 5.91 Å². The summed E-state index contributed by atoms with van der Waals surface area (Å²) in [6.07, 6.45) is 0. The second kappa shape index (κ2) is 7.59. The molecule has 2 N–H and O–H groups in total. The van der Waals surface area contributed by atoms with Gasteiger partial charge in [0.1, 0.15) is 5.52 Å². The summed E-state index contributed by atoms with van der Waals surface area (Å²) in [4.78, 5) is 28.0. The Morgan fingerprint density at radius 1 is 0.862 bits per heavy atom. The van der Waals surface area contributed by atoms with E-state index >= 15 is 0 Å². The van der Waals surface area contributed by atoms with Gasteiger partial charge in [-0.25, -0.2) is 4.98 Å². The highest BCUT2D eigenvalue weighted by Gasteiger charge is 2.10. The van der Waals surface area contributed by atoms with Crippen molar-refractivity contribution < 1.29 is 14.0 Å². The van der Waals surface area contributed by atoms with Gasteiger partial charge in [-0.15, -0.1) is 0 Å². The average Bonchev–Trinajstić information content (AvgIpc) is 3.11. The van der Waals surface area contributed by atoms with Crippen LogP contribution >= 0.6 is 0 Å². The van der Waals surface area contributed by atoms with Crippen LogP contribution in [0.15, 0.2) is 71.1 Å². The third-order valence-electron chi connectivity index (χ3n) is 4.40. The molecule has 0 saturated carbocycles. The zero-order valence-electron chi connectivity index (χ0n) is 16.0. The number of oxazole rings is 1. The molecule has 0 radical (unpaired) electrons. The van der Waals surface area contributed by atoms with E-state index in [0.717, 1.165) is 22.2 Å². The van der Waals surface area contributed by atoms with Gasteiger partial charge in [0.05, 0.1) is 0 Å². The Bertz CT molecular complexity index is 1190. The van der Waals surface area contributed by atoms with Gasteiger partial charge in [0.15, 0.2) is 5.58 Å². The van der Waals surface area contributed by atoms with Crippen LogP contribution in [0.2, 0.25) is 0 Å². The van der Waals surface area contributed by atoms with Gasteiger partial charge < -0.3 is 15.1 Å². The monoisotopic (exact) mass is 385 g/mol. The summed E-state index contributed by atoms with van der Waals surface area (Å²) in [5, 5.41) is 5.52. The van der Waals surface area contributed by atoms with Crippen molar-refractivity contribution in [2.24, 2.45) is 0 Å².